The molecule has 1 aliphatic heterocycles. The first kappa shape index (κ1) is 17.4. The highest BCUT2D eigenvalue weighted by Crippen LogP contribution is 2.49. The second-order valence-electron chi connectivity index (χ2n) is 7.35. The lowest BCUT2D eigenvalue weighted by atomic mass is 9.79. The normalized spacial score (nSPS) is 20.6. The number of methoxy groups -OCH3 is 1. The number of amidine groups is 1. The minimum absolute atomic E-state index is 0.520. The van der Waals surface area contributed by atoms with Crippen LogP contribution in [0.25, 0.3) is 0 Å². The van der Waals surface area contributed by atoms with Crippen molar-refractivity contribution < 1.29 is 4.74 Å². The van der Waals surface area contributed by atoms with Crippen LogP contribution in [0.3, 0.4) is 0 Å². The molecule has 2 heterocycles. The summed E-state index contributed by atoms with van der Waals surface area (Å²) in [6.45, 7) is 0. The largest absolute Gasteiger partial charge is 0.496 e. The van der Waals surface area contributed by atoms with Crippen LogP contribution in [0, 0.1) is 0 Å². The van der Waals surface area contributed by atoms with Gasteiger partial charge in [0.25, 0.3) is 0 Å². The maximum atomic E-state index is 6.37. The maximum Gasteiger partial charge on any atom is 0.156 e. The van der Waals surface area contributed by atoms with Gasteiger partial charge in [0, 0.05) is 16.2 Å². The number of nitrogens with zero attached hydrogens (tertiary/aromatic N) is 2. The number of benzene rings is 2. The molecule has 5 heteroatoms. The van der Waals surface area contributed by atoms with Gasteiger partial charge in [-0.05, 0) is 71.8 Å². The maximum absolute atomic E-state index is 6.37. The minimum atomic E-state index is -0.764. The Hall–Kier alpha value is -2.66. The van der Waals surface area contributed by atoms with Gasteiger partial charge in [-0.1, -0.05) is 34.1 Å². The van der Waals surface area contributed by atoms with Crippen LogP contribution in [0.4, 0.5) is 0 Å². The van der Waals surface area contributed by atoms with Gasteiger partial charge in [0.2, 0.25) is 0 Å². The number of pyridine rings is 1. The van der Waals surface area contributed by atoms with Gasteiger partial charge in [-0.25, -0.2) is 4.99 Å². The molecule has 1 atom stereocenters. The number of rotatable bonds is 4. The van der Waals surface area contributed by atoms with Crippen LogP contribution in [-0.2, 0) is 5.54 Å². The van der Waals surface area contributed by atoms with E-state index in [1.807, 2.05) is 30.5 Å². The van der Waals surface area contributed by atoms with Gasteiger partial charge in [0.05, 0.1) is 12.8 Å². The third-order valence-electron chi connectivity index (χ3n) is 5.62. The fraction of sp³-hybridized carbons (Fsp3) is 0.217. The number of aliphatic imine (C=N–C) groups is 1. The highest BCUT2D eigenvalue weighted by atomic mass is 79.9. The number of aromatic nitrogens is 1. The lowest BCUT2D eigenvalue weighted by molar-refractivity contribution is 0.409. The van der Waals surface area contributed by atoms with Gasteiger partial charge in [-0.2, -0.15) is 0 Å². The predicted octanol–water partition coefficient (Wildman–Crippen LogP) is 4.74. The first-order valence-electron chi connectivity index (χ1n) is 9.39. The summed E-state index contributed by atoms with van der Waals surface area (Å²) in [6.07, 6.45) is 4.21. The molecule has 4 nitrogen and oxygen atoms in total. The fourth-order valence-corrected chi connectivity index (χ4v) is 4.55. The van der Waals surface area contributed by atoms with E-state index in [0.29, 0.717) is 11.8 Å². The summed E-state index contributed by atoms with van der Waals surface area (Å²) in [6, 6.07) is 18.5. The third-order valence-corrected chi connectivity index (χ3v) is 6.11. The Kier molecular flexibility index (Phi) is 4.02. The number of ether oxygens (including phenoxy) is 1. The van der Waals surface area contributed by atoms with Crippen LogP contribution < -0.4 is 10.5 Å². The van der Waals surface area contributed by atoms with Crippen molar-refractivity contribution in [3.63, 3.8) is 0 Å². The molecule has 2 aromatic carbocycles. The molecule has 28 heavy (non-hydrogen) atoms. The van der Waals surface area contributed by atoms with Gasteiger partial charge in [-0.15, -0.1) is 0 Å². The number of hydrogen-bond acceptors (Lipinski definition) is 4. The van der Waals surface area contributed by atoms with Gasteiger partial charge in [-0.3, -0.25) is 4.98 Å². The number of nitrogens with two attached hydrogens (primary N) is 1. The SMILES string of the molecule is COc1ccc(C2(c3cccc(Br)c3)N=C(N)c3cccnc32)cc1C1CC1. The molecule has 1 aliphatic carbocycles. The van der Waals surface area contributed by atoms with Crippen molar-refractivity contribution in [1.82, 2.24) is 4.98 Å². The summed E-state index contributed by atoms with van der Waals surface area (Å²) in [5.41, 5.74) is 10.7. The van der Waals surface area contributed by atoms with Crippen LogP contribution in [0.2, 0.25) is 0 Å². The molecule has 0 spiro atoms. The van der Waals surface area contributed by atoms with Crippen molar-refractivity contribution in [3.8, 4) is 5.75 Å². The summed E-state index contributed by atoms with van der Waals surface area (Å²) in [5.74, 6) is 2.01. The van der Waals surface area contributed by atoms with Crippen LogP contribution >= 0.6 is 15.9 Å². The number of fused-ring (bicyclic) bond motifs is 1. The van der Waals surface area contributed by atoms with Crippen LogP contribution in [0.5, 0.6) is 5.75 Å². The quantitative estimate of drug-likeness (QED) is 0.645. The molecule has 1 fully saturated rings. The molecular formula is C23H20BrN3O. The Morgan fingerprint density at radius 2 is 1.89 bits per heavy atom. The molecule has 2 N–H and O–H groups in total. The first-order chi connectivity index (χ1) is 13.6. The standard InChI is InChI=1S/C23H20BrN3O/c1-28-20-10-9-16(13-19(20)14-7-8-14)23(15-4-2-5-17(24)12-15)21-18(22(25)27-23)6-3-11-26-21/h2-6,9-14H,7-8H2,1H3,(H2,25,27). The molecule has 0 bridgehead atoms. The Labute approximate surface area is 172 Å². The molecule has 1 unspecified atom stereocenters. The highest BCUT2D eigenvalue weighted by molar-refractivity contribution is 9.10. The van der Waals surface area contributed by atoms with E-state index in [0.717, 1.165) is 32.6 Å². The summed E-state index contributed by atoms with van der Waals surface area (Å²) < 4.78 is 6.63. The Morgan fingerprint density at radius 3 is 2.64 bits per heavy atom. The number of hydrogen-bond donors (Lipinski definition) is 1. The smallest absolute Gasteiger partial charge is 0.156 e. The topological polar surface area (TPSA) is 60.5 Å². The Bertz CT molecular complexity index is 1110. The van der Waals surface area contributed by atoms with Crippen LogP contribution in [0.1, 0.15) is 46.7 Å². The average Bonchev–Trinajstić information content (AvgIpc) is 3.52. The van der Waals surface area contributed by atoms with Crippen LogP contribution in [0.15, 0.2) is 70.3 Å². The van der Waals surface area contributed by atoms with E-state index in [2.05, 4.69) is 46.3 Å². The van der Waals surface area contributed by atoms with Crippen molar-refractivity contribution in [3.05, 3.63) is 93.2 Å². The highest BCUT2D eigenvalue weighted by Gasteiger charge is 2.45. The van der Waals surface area contributed by atoms with E-state index in [1.165, 1.54) is 18.4 Å². The molecule has 3 aromatic rings. The van der Waals surface area contributed by atoms with Gasteiger partial charge in [0.1, 0.15) is 11.6 Å². The Morgan fingerprint density at radius 1 is 1.07 bits per heavy atom. The monoisotopic (exact) mass is 433 g/mol. The number of halogens is 1. The Balaban J connectivity index is 1.81. The predicted molar refractivity (Wildman–Crippen MR) is 114 cm³/mol. The first-order valence-corrected chi connectivity index (χ1v) is 10.2. The van der Waals surface area contributed by atoms with E-state index in [-0.39, 0.29) is 0 Å². The van der Waals surface area contributed by atoms with Crippen molar-refractivity contribution in [2.75, 3.05) is 7.11 Å². The van der Waals surface area contributed by atoms with Gasteiger partial charge in [0.15, 0.2) is 5.54 Å². The molecule has 1 saturated carbocycles. The van der Waals surface area contributed by atoms with Crippen molar-refractivity contribution in [2.45, 2.75) is 24.3 Å². The molecule has 5 rings (SSSR count). The zero-order valence-corrected chi connectivity index (χ0v) is 17.1. The molecule has 140 valence electrons. The van der Waals surface area contributed by atoms with E-state index in [4.69, 9.17) is 20.4 Å². The van der Waals surface area contributed by atoms with Gasteiger partial charge < -0.3 is 10.5 Å². The van der Waals surface area contributed by atoms with E-state index < -0.39 is 5.54 Å². The average molecular weight is 434 g/mol. The van der Waals surface area contributed by atoms with Gasteiger partial charge >= 0.3 is 0 Å². The summed E-state index contributed by atoms with van der Waals surface area (Å²) in [4.78, 5) is 9.75. The summed E-state index contributed by atoms with van der Waals surface area (Å²) in [5, 5.41) is 0. The lowest BCUT2D eigenvalue weighted by Crippen LogP contribution is -2.26. The zero-order valence-electron chi connectivity index (χ0n) is 15.5. The molecule has 0 saturated heterocycles. The second-order valence-corrected chi connectivity index (χ2v) is 8.26. The van der Waals surface area contributed by atoms with Crippen molar-refractivity contribution in [2.24, 2.45) is 10.7 Å². The molecule has 1 aromatic heterocycles. The molecular weight excluding hydrogens is 414 g/mol. The van der Waals surface area contributed by atoms with Crippen molar-refractivity contribution in [1.29, 1.82) is 0 Å². The van der Waals surface area contributed by atoms with Crippen LogP contribution in [-0.4, -0.2) is 17.9 Å². The van der Waals surface area contributed by atoms with E-state index in [9.17, 15) is 0 Å². The fourth-order valence-electron chi connectivity index (χ4n) is 4.15. The zero-order chi connectivity index (χ0) is 19.3. The van der Waals surface area contributed by atoms with Crippen molar-refractivity contribution >= 4 is 21.8 Å². The summed E-state index contributed by atoms with van der Waals surface area (Å²) >= 11 is 3.61. The molecule has 0 radical (unpaired) electrons. The molecule has 2 aliphatic rings. The van der Waals surface area contributed by atoms with E-state index >= 15 is 0 Å². The minimum Gasteiger partial charge on any atom is -0.496 e. The second kappa shape index (κ2) is 6.45. The third kappa shape index (κ3) is 2.57. The lowest BCUT2D eigenvalue weighted by Gasteiger charge is -2.29. The summed E-state index contributed by atoms with van der Waals surface area (Å²) in [7, 11) is 1.73. The molecule has 0 amide bonds. The van der Waals surface area contributed by atoms with E-state index in [1.54, 1.807) is 7.11 Å².